The van der Waals surface area contributed by atoms with Crippen LogP contribution in [-0.4, -0.2) is 34.4 Å². The van der Waals surface area contributed by atoms with Crippen molar-refractivity contribution in [3.8, 4) is 0 Å². The minimum atomic E-state index is -0.912. The molecule has 1 aliphatic carbocycles. The van der Waals surface area contributed by atoms with Crippen molar-refractivity contribution < 1.29 is 19.1 Å². The Hall–Kier alpha value is -2.34. The number of aryl methyl sites for hydroxylation is 3. The second kappa shape index (κ2) is 8.35. The molecule has 0 fully saturated rings. The lowest BCUT2D eigenvalue weighted by atomic mass is 10.0. The molecule has 0 spiro atoms. The first-order valence-corrected chi connectivity index (χ1v) is 10.4. The average molecular weight is 400 g/mol. The quantitative estimate of drug-likeness (QED) is 0.428. The molecule has 0 bridgehead atoms. The maximum atomic E-state index is 12.7. The van der Waals surface area contributed by atoms with E-state index < -0.39 is 12.1 Å². The fraction of sp³-hybridized carbons (Fsp3) is 0.409. The summed E-state index contributed by atoms with van der Waals surface area (Å²) in [6.45, 7) is 6.51. The Morgan fingerprint density at radius 2 is 1.89 bits per heavy atom. The van der Waals surface area contributed by atoms with Crippen molar-refractivity contribution in [1.82, 2.24) is 4.98 Å². The zero-order chi connectivity index (χ0) is 20.4. The number of thioether (sulfide) groups is 1. The van der Waals surface area contributed by atoms with Crippen molar-refractivity contribution >= 4 is 29.3 Å². The maximum absolute atomic E-state index is 12.7. The molecule has 1 N–H and O–H groups in total. The summed E-state index contributed by atoms with van der Waals surface area (Å²) in [6, 6.07) is 6.30. The Bertz CT molecular complexity index is 944. The number of ketones is 2. The first-order valence-electron chi connectivity index (χ1n) is 9.46. The highest BCUT2D eigenvalue weighted by Gasteiger charge is 2.26. The molecule has 0 amide bonds. The highest BCUT2D eigenvalue weighted by atomic mass is 32.2. The number of esters is 1. The average Bonchev–Trinajstić information content (AvgIpc) is 3.22. The lowest BCUT2D eigenvalue weighted by Crippen LogP contribution is -2.26. The number of ether oxygens (including phenoxy) is 1. The highest BCUT2D eigenvalue weighted by Crippen LogP contribution is 2.28. The number of hydrogen-bond acceptors (Lipinski definition) is 5. The molecule has 1 atom stereocenters. The van der Waals surface area contributed by atoms with Gasteiger partial charge in [-0.1, -0.05) is 6.07 Å². The predicted octanol–water partition coefficient (Wildman–Crippen LogP) is 4.23. The van der Waals surface area contributed by atoms with Crippen LogP contribution >= 0.6 is 11.8 Å². The number of aromatic amines is 1. The predicted molar refractivity (Wildman–Crippen MR) is 109 cm³/mol. The standard InChI is InChI=1S/C22H25NO4S/c1-12-20(14(3)24)13(2)23-21(12)22(26)15(4)27-19(25)11-28-18-9-8-16-6-5-7-17(16)10-18/h8-10,15,23H,5-7,11H2,1-4H3. The normalized spacial score (nSPS) is 13.9. The van der Waals surface area contributed by atoms with Gasteiger partial charge in [0.2, 0.25) is 5.78 Å². The van der Waals surface area contributed by atoms with E-state index in [2.05, 4.69) is 17.1 Å². The minimum absolute atomic E-state index is 0.0966. The van der Waals surface area contributed by atoms with Gasteiger partial charge in [-0.25, -0.2) is 0 Å². The molecule has 3 rings (SSSR count). The molecule has 1 aromatic heterocycles. The molecule has 0 aliphatic heterocycles. The summed E-state index contributed by atoms with van der Waals surface area (Å²) in [7, 11) is 0. The smallest absolute Gasteiger partial charge is 0.316 e. The number of carbonyl (C=O) groups excluding carboxylic acids is 3. The van der Waals surface area contributed by atoms with Crippen LogP contribution in [0.5, 0.6) is 0 Å². The molecule has 1 aromatic carbocycles. The monoisotopic (exact) mass is 399 g/mol. The van der Waals surface area contributed by atoms with Crippen LogP contribution in [0.2, 0.25) is 0 Å². The number of rotatable bonds is 7. The number of H-pyrrole nitrogens is 1. The molecule has 28 heavy (non-hydrogen) atoms. The third-order valence-electron chi connectivity index (χ3n) is 5.14. The molecule has 2 aromatic rings. The minimum Gasteiger partial charge on any atom is -0.454 e. The topological polar surface area (TPSA) is 76.2 Å². The van der Waals surface area contributed by atoms with Gasteiger partial charge in [-0.3, -0.25) is 14.4 Å². The van der Waals surface area contributed by atoms with Crippen LogP contribution in [0.25, 0.3) is 0 Å². The molecule has 0 saturated carbocycles. The third kappa shape index (κ3) is 4.22. The van der Waals surface area contributed by atoms with Crippen molar-refractivity contribution in [1.29, 1.82) is 0 Å². The number of nitrogens with one attached hydrogen (secondary N) is 1. The van der Waals surface area contributed by atoms with Gasteiger partial charge < -0.3 is 9.72 Å². The van der Waals surface area contributed by atoms with Gasteiger partial charge >= 0.3 is 5.97 Å². The number of fused-ring (bicyclic) bond motifs is 1. The molecule has 148 valence electrons. The summed E-state index contributed by atoms with van der Waals surface area (Å²) in [4.78, 5) is 40.6. The van der Waals surface area contributed by atoms with Crippen LogP contribution in [0.1, 0.15) is 63.5 Å². The van der Waals surface area contributed by atoms with E-state index in [9.17, 15) is 14.4 Å². The van der Waals surface area contributed by atoms with Crippen molar-refractivity contribution in [3.05, 3.63) is 51.8 Å². The molecule has 1 heterocycles. The van der Waals surface area contributed by atoms with Crippen molar-refractivity contribution in [3.63, 3.8) is 0 Å². The molecule has 1 unspecified atom stereocenters. The second-order valence-electron chi connectivity index (χ2n) is 7.25. The van der Waals surface area contributed by atoms with Crippen LogP contribution < -0.4 is 0 Å². The number of aromatic nitrogens is 1. The Morgan fingerprint density at radius 3 is 2.57 bits per heavy atom. The van der Waals surface area contributed by atoms with E-state index in [0.717, 1.165) is 17.7 Å². The van der Waals surface area contributed by atoms with E-state index in [4.69, 9.17) is 4.74 Å². The van der Waals surface area contributed by atoms with Gasteiger partial charge in [0.25, 0.3) is 0 Å². The molecule has 0 saturated heterocycles. The molecule has 1 aliphatic rings. The van der Waals surface area contributed by atoms with E-state index in [1.807, 2.05) is 6.07 Å². The van der Waals surface area contributed by atoms with Gasteiger partial charge in [-0.2, -0.15) is 0 Å². The summed E-state index contributed by atoms with van der Waals surface area (Å²) < 4.78 is 5.33. The van der Waals surface area contributed by atoms with Gasteiger partial charge in [0.15, 0.2) is 11.9 Å². The van der Waals surface area contributed by atoms with Crippen LogP contribution in [0.3, 0.4) is 0 Å². The molecular weight excluding hydrogens is 374 g/mol. The van der Waals surface area contributed by atoms with Gasteiger partial charge in [0, 0.05) is 16.2 Å². The molecular formula is C22H25NO4S. The van der Waals surface area contributed by atoms with E-state index in [0.29, 0.717) is 22.5 Å². The zero-order valence-electron chi connectivity index (χ0n) is 16.7. The van der Waals surface area contributed by atoms with Crippen molar-refractivity contribution in [2.45, 2.75) is 58.0 Å². The van der Waals surface area contributed by atoms with Gasteiger partial charge in [-0.05, 0) is 75.8 Å². The lowest BCUT2D eigenvalue weighted by molar-refractivity contribution is -0.143. The summed E-state index contributed by atoms with van der Waals surface area (Å²) in [5.74, 6) is -0.707. The van der Waals surface area contributed by atoms with Gasteiger partial charge in [-0.15, -0.1) is 11.8 Å². The van der Waals surface area contributed by atoms with Crippen LogP contribution in [0.15, 0.2) is 23.1 Å². The number of hydrogen-bond donors (Lipinski definition) is 1. The van der Waals surface area contributed by atoms with Crippen LogP contribution in [-0.2, 0) is 22.4 Å². The molecule has 0 radical (unpaired) electrons. The Kier molecular flexibility index (Phi) is 6.08. The Labute approximate surface area is 169 Å². The lowest BCUT2D eigenvalue weighted by Gasteiger charge is -2.12. The third-order valence-corrected chi connectivity index (χ3v) is 6.11. The maximum Gasteiger partial charge on any atom is 0.316 e. The fourth-order valence-corrected chi connectivity index (χ4v) is 4.54. The van der Waals surface area contributed by atoms with Gasteiger partial charge in [0.1, 0.15) is 0 Å². The SMILES string of the molecule is CC(=O)c1c(C)[nH]c(C(=O)C(C)OC(=O)CSc2ccc3c(c2)CCC3)c1C. The van der Waals surface area contributed by atoms with E-state index in [1.54, 1.807) is 20.8 Å². The highest BCUT2D eigenvalue weighted by molar-refractivity contribution is 8.00. The van der Waals surface area contributed by atoms with E-state index in [-0.39, 0.29) is 17.3 Å². The number of benzene rings is 1. The first-order chi connectivity index (χ1) is 13.3. The van der Waals surface area contributed by atoms with Crippen molar-refractivity contribution in [2.24, 2.45) is 0 Å². The van der Waals surface area contributed by atoms with E-state index in [1.165, 1.54) is 36.2 Å². The molecule has 5 nitrogen and oxygen atoms in total. The van der Waals surface area contributed by atoms with Crippen LogP contribution in [0.4, 0.5) is 0 Å². The zero-order valence-corrected chi connectivity index (χ0v) is 17.5. The second-order valence-corrected chi connectivity index (χ2v) is 8.30. The largest absolute Gasteiger partial charge is 0.454 e. The summed E-state index contributed by atoms with van der Waals surface area (Å²) in [5.41, 5.74) is 4.86. The Balaban J connectivity index is 1.59. The number of Topliss-reactive ketones (excluding diaryl/α,β-unsaturated/α-hetero) is 2. The van der Waals surface area contributed by atoms with Gasteiger partial charge in [0.05, 0.1) is 11.4 Å². The number of carbonyl (C=O) groups is 3. The van der Waals surface area contributed by atoms with Crippen molar-refractivity contribution in [2.75, 3.05) is 5.75 Å². The summed E-state index contributed by atoms with van der Waals surface area (Å²) in [6.07, 6.45) is 2.50. The van der Waals surface area contributed by atoms with E-state index >= 15 is 0 Å². The molecule has 6 heteroatoms. The summed E-state index contributed by atoms with van der Waals surface area (Å²) >= 11 is 1.42. The summed E-state index contributed by atoms with van der Waals surface area (Å²) in [5, 5.41) is 0. The Morgan fingerprint density at radius 1 is 1.18 bits per heavy atom. The fourth-order valence-electron chi connectivity index (χ4n) is 3.79. The first kappa shape index (κ1) is 20.4. The van der Waals surface area contributed by atoms with Crippen LogP contribution in [0, 0.1) is 13.8 Å².